The van der Waals surface area contributed by atoms with Crippen LogP contribution in [-0.2, 0) is 15.7 Å². The summed E-state index contributed by atoms with van der Waals surface area (Å²) in [5, 5.41) is 3.70. The number of ketones is 1. The second-order valence-electron chi connectivity index (χ2n) is 11.9. The standard InChI is InChI=1S/C39H28BrF3N2O3/c1-3-48-38(47)37-44-18-17-31(45-37)33-21(2)26-9-4-5-10-27(26)28-15-16-29-34(23-7-6-8-24(19-23)39(41,42)43)32(46)20-30(35(29)36(28)33)22-11-13-25(40)14-12-22/h4-19,30,34H,3,20H2,1-2H3. The number of benzene rings is 5. The smallest absolute Gasteiger partial charge is 0.416 e. The van der Waals surface area contributed by atoms with Crippen LogP contribution in [0.2, 0.25) is 0 Å². The first-order valence-corrected chi connectivity index (χ1v) is 16.3. The maximum absolute atomic E-state index is 14.2. The van der Waals surface area contributed by atoms with Crippen molar-refractivity contribution in [1.29, 1.82) is 0 Å². The number of fused-ring (bicyclic) bond motifs is 5. The number of hydrogen-bond acceptors (Lipinski definition) is 5. The molecule has 1 aromatic heterocycles. The lowest BCUT2D eigenvalue weighted by molar-refractivity contribution is -0.137. The molecule has 0 spiro atoms. The van der Waals surface area contributed by atoms with Gasteiger partial charge in [-0.15, -0.1) is 0 Å². The Labute approximate surface area is 282 Å². The molecule has 0 N–H and O–H groups in total. The molecule has 48 heavy (non-hydrogen) atoms. The fourth-order valence-electron chi connectivity index (χ4n) is 7.07. The summed E-state index contributed by atoms with van der Waals surface area (Å²) in [6, 6.07) is 26.4. The fraction of sp³-hybridized carbons (Fsp3) is 0.179. The molecule has 7 rings (SSSR count). The van der Waals surface area contributed by atoms with E-state index in [1.54, 1.807) is 19.1 Å². The number of ether oxygens (including phenoxy) is 1. The molecule has 9 heteroatoms. The average Bonchev–Trinajstić information content (AvgIpc) is 3.08. The molecule has 5 aromatic carbocycles. The summed E-state index contributed by atoms with van der Waals surface area (Å²) in [5.74, 6) is -2.22. The Kier molecular flexibility index (Phi) is 8.11. The van der Waals surface area contributed by atoms with E-state index < -0.39 is 29.5 Å². The predicted octanol–water partition coefficient (Wildman–Crippen LogP) is 9.95. The number of aromatic nitrogens is 2. The van der Waals surface area contributed by atoms with Crippen molar-refractivity contribution in [3.05, 3.63) is 141 Å². The monoisotopic (exact) mass is 708 g/mol. The van der Waals surface area contributed by atoms with Crippen molar-refractivity contribution in [3.63, 3.8) is 0 Å². The van der Waals surface area contributed by atoms with Gasteiger partial charge in [-0.3, -0.25) is 4.79 Å². The van der Waals surface area contributed by atoms with Gasteiger partial charge >= 0.3 is 12.1 Å². The Balaban J connectivity index is 1.61. The number of Topliss-reactive ketones (excluding diaryl/α,β-unsaturated/α-hetero) is 1. The molecule has 0 amide bonds. The van der Waals surface area contributed by atoms with E-state index in [0.717, 1.165) is 60.4 Å². The van der Waals surface area contributed by atoms with E-state index in [9.17, 15) is 22.8 Å². The van der Waals surface area contributed by atoms with Crippen molar-refractivity contribution in [2.45, 2.75) is 38.3 Å². The van der Waals surface area contributed by atoms with E-state index in [-0.39, 0.29) is 30.2 Å². The summed E-state index contributed by atoms with van der Waals surface area (Å²) in [7, 11) is 0. The quantitative estimate of drug-likeness (QED) is 0.132. The summed E-state index contributed by atoms with van der Waals surface area (Å²) in [6.45, 7) is 3.87. The van der Waals surface area contributed by atoms with Gasteiger partial charge in [0.2, 0.25) is 5.82 Å². The maximum atomic E-state index is 14.2. The van der Waals surface area contributed by atoms with Crippen molar-refractivity contribution in [2.75, 3.05) is 6.61 Å². The van der Waals surface area contributed by atoms with Gasteiger partial charge < -0.3 is 4.74 Å². The van der Waals surface area contributed by atoms with Gasteiger partial charge in [-0.1, -0.05) is 82.7 Å². The number of rotatable bonds is 5. The third kappa shape index (κ3) is 5.46. The molecular formula is C39H28BrF3N2O3. The van der Waals surface area contributed by atoms with Gasteiger partial charge in [-0.05, 0) is 87.5 Å². The van der Waals surface area contributed by atoms with Gasteiger partial charge in [0.15, 0.2) is 0 Å². The van der Waals surface area contributed by atoms with Crippen LogP contribution in [0.4, 0.5) is 13.2 Å². The van der Waals surface area contributed by atoms with E-state index >= 15 is 0 Å². The van der Waals surface area contributed by atoms with Crippen LogP contribution in [-0.4, -0.2) is 28.3 Å². The molecule has 0 bridgehead atoms. The summed E-state index contributed by atoms with van der Waals surface area (Å²) in [4.78, 5) is 35.8. The van der Waals surface area contributed by atoms with Crippen LogP contribution in [0.15, 0.2) is 102 Å². The Morgan fingerprint density at radius 2 is 1.67 bits per heavy atom. The Morgan fingerprint density at radius 1 is 0.917 bits per heavy atom. The molecule has 6 aromatic rings. The van der Waals surface area contributed by atoms with Gasteiger partial charge in [0.1, 0.15) is 5.78 Å². The molecular weight excluding hydrogens is 681 g/mol. The molecule has 2 atom stereocenters. The summed E-state index contributed by atoms with van der Waals surface area (Å²) < 4.78 is 47.8. The zero-order chi connectivity index (χ0) is 33.7. The molecule has 0 saturated carbocycles. The minimum atomic E-state index is -4.56. The van der Waals surface area contributed by atoms with Crippen LogP contribution in [0.1, 0.15) is 69.2 Å². The first-order valence-electron chi connectivity index (χ1n) is 15.5. The highest BCUT2D eigenvalue weighted by Crippen LogP contribution is 2.51. The molecule has 0 fully saturated rings. The number of nitrogens with zero attached hydrogens (tertiary/aromatic N) is 2. The molecule has 2 unspecified atom stereocenters. The summed E-state index contributed by atoms with van der Waals surface area (Å²) in [5.41, 5.74) is 4.02. The number of carbonyl (C=O) groups is 2. The summed E-state index contributed by atoms with van der Waals surface area (Å²) >= 11 is 3.51. The highest BCUT2D eigenvalue weighted by atomic mass is 79.9. The minimum absolute atomic E-state index is 0.0812. The lowest BCUT2D eigenvalue weighted by atomic mass is 9.68. The lowest BCUT2D eigenvalue weighted by Crippen LogP contribution is -2.26. The van der Waals surface area contributed by atoms with Gasteiger partial charge in [0, 0.05) is 28.6 Å². The fourth-order valence-corrected chi connectivity index (χ4v) is 7.33. The normalized spacial score (nSPS) is 16.2. The molecule has 1 aliphatic rings. The Morgan fingerprint density at radius 3 is 2.40 bits per heavy atom. The molecule has 0 saturated heterocycles. The van der Waals surface area contributed by atoms with Gasteiger partial charge in [0.25, 0.3) is 0 Å². The lowest BCUT2D eigenvalue weighted by Gasteiger charge is -2.34. The van der Waals surface area contributed by atoms with Crippen LogP contribution in [0.5, 0.6) is 0 Å². The first kappa shape index (κ1) is 31.7. The van der Waals surface area contributed by atoms with Crippen LogP contribution in [0.3, 0.4) is 0 Å². The molecule has 1 heterocycles. The number of alkyl halides is 3. The molecule has 5 nitrogen and oxygen atoms in total. The van der Waals surface area contributed by atoms with E-state index in [1.165, 1.54) is 12.3 Å². The molecule has 0 aliphatic heterocycles. The van der Waals surface area contributed by atoms with Crippen LogP contribution in [0, 0.1) is 6.92 Å². The highest BCUT2D eigenvalue weighted by Gasteiger charge is 2.39. The van der Waals surface area contributed by atoms with E-state index in [4.69, 9.17) is 4.74 Å². The van der Waals surface area contributed by atoms with Gasteiger partial charge in [-0.2, -0.15) is 13.2 Å². The largest absolute Gasteiger partial charge is 0.460 e. The zero-order valence-electron chi connectivity index (χ0n) is 25.9. The SMILES string of the molecule is CCOC(=O)c1nccc(-c2c(C)c3ccccc3c3ccc4c(c23)C(c2ccc(Br)cc2)CC(=O)C4c2cccc(C(F)(F)F)c2)n1. The van der Waals surface area contributed by atoms with Crippen molar-refractivity contribution in [3.8, 4) is 11.3 Å². The summed E-state index contributed by atoms with van der Waals surface area (Å²) in [6.07, 6.45) is -2.96. The van der Waals surface area contributed by atoms with E-state index in [2.05, 4.69) is 25.9 Å². The van der Waals surface area contributed by atoms with Crippen LogP contribution < -0.4 is 0 Å². The van der Waals surface area contributed by atoms with Crippen molar-refractivity contribution >= 4 is 49.2 Å². The van der Waals surface area contributed by atoms with Crippen molar-refractivity contribution in [2.24, 2.45) is 0 Å². The number of esters is 1. The maximum Gasteiger partial charge on any atom is 0.416 e. The van der Waals surface area contributed by atoms with E-state index in [1.807, 2.05) is 67.6 Å². The van der Waals surface area contributed by atoms with Crippen LogP contribution >= 0.6 is 15.9 Å². The Hall–Kier alpha value is -4.89. The number of carbonyl (C=O) groups excluding carboxylic acids is 2. The number of aryl methyl sites for hydroxylation is 1. The third-order valence-corrected chi connectivity index (χ3v) is 9.63. The number of hydrogen-bond donors (Lipinski definition) is 0. The second-order valence-corrected chi connectivity index (χ2v) is 12.8. The van der Waals surface area contributed by atoms with Crippen LogP contribution in [0.25, 0.3) is 32.8 Å². The topological polar surface area (TPSA) is 69.2 Å². The van der Waals surface area contributed by atoms with Crippen molar-refractivity contribution < 1.29 is 27.5 Å². The molecule has 0 radical (unpaired) electrons. The second kappa shape index (κ2) is 12.3. The predicted molar refractivity (Wildman–Crippen MR) is 182 cm³/mol. The first-order chi connectivity index (χ1) is 23.1. The Bertz CT molecular complexity index is 2250. The highest BCUT2D eigenvalue weighted by molar-refractivity contribution is 9.10. The van der Waals surface area contributed by atoms with E-state index in [0.29, 0.717) is 11.3 Å². The third-order valence-electron chi connectivity index (χ3n) is 9.10. The molecule has 240 valence electrons. The van der Waals surface area contributed by atoms with Gasteiger partial charge in [-0.25, -0.2) is 14.8 Å². The average molecular weight is 710 g/mol. The molecule has 1 aliphatic carbocycles. The van der Waals surface area contributed by atoms with Crippen molar-refractivity contribution in [1.82, 2.24) is 9.97 Å². The number of halogens is 4. The zero-order valence-corrected chi connectivity index (χ0v) is 27.5. The van der Waals surface area contributed by atoms with Gasteiger partial charge in [0.05, 0.1) is 23.8 Å². The minimum Gasteiger partial charge on any atom is -0.460 e.